The van der Waals surface area contributed by atoms with E-state index < -0.39 is 17.6 Å². The molecule has 6 rings (SSSR count). The molecule has 0 aromatic carbocycles. The van der Waals surface area contributed by atoms with Crippen molar-refractivity contribution in [3.05, 3.63) is 65.5 Å². The number of carbonyl (C=O) groups is 1. The molecule has 1 saturated carbocycles. The highest BCUT2D eigenvalue weighted by Gasteiger charge is 2.44. The Balaban J connectivity index is 1.40. The number of amides is 1. The van der Waals surface area contributed by atoms with Crippen molar-refractivity contribution in [2.75, 3.05) is 11.9 Å². The molecule has 2 saturated heterocycles. The lowest BCUT2D eigenvalue weighted by molar-refractivity contribution is -0.137. The highest BCUT2D eigenvalue weighted by molar-refractivity contribution is 5.99. The number of hydrogen-bond acceptors (Lipinski definition) is 6. The Kier molecular flexibility index (Phi) is 5.86. The van der Waals surface area contributed by atoms with E-state index in [2.05, 4.69) is 25.3 Å². The van der Waals surface area contributed by atoms with Crippen molar-refractivity contribution in [3.8, 4) is 11.5 Å². The van der Waals surface area contributed by atoms with Gasteiger partial charge in [-0.15, -0.1) is 0 Å². The number of carbonyl (C=O) groups excluding carboxylic acids is 1. The molecule has 182 valence electrons. The number of aromatic nitrogens is 4. The Morgan fingerprint density at radius 1 is 1.06 bits per heavy atom. The quantitative estimate of drug-likeness (QED) is 0.547. The Morgan fingerprint density at radius 2 is 1.83 bits per heavy atom. The number of rotatable bonds is 4. The second-order valence-corrected chi connectivity index (χ2v) is 8.96. The van der Waals surface area contributed by atoms with Crippen LogP contribution in [0, 0.1) is 18.7 Å². The van der Waals surface area contributed by atoms with Crippen LogP contribution in [0.3, 0.4) is 0 Å². The maximum Gasteiger partial charge on any atom is 0.417 e. The SMILES string of the molecule is Cc1ccc(C(=O)N2CC3CCC2C(Nc2ccc(C(F)(F)F)cn2)C3)c(-c2ncc(F)cn2)n1. The lowest BCUT2D eigenvalue weighted by Gasteiger charge is -2.50. The molecule has 1 amide bonds. The van der Waals surface area contributed by atoms with Crippen LogP contribution in [0.5, 0.6) is 0 Å². The van der Waals surface area contributed by atoms with Crippen LogP contribution in [0.2, 0.25) is 0 Å². The van der Waals surface area contributed by atoms with Gasteiger partial charge in [-0.3, -0.25) is 4.79 Å². The van der Waals surface area contributed by atoms with Crippen LogP contribution in [0.1, 0.15) is 40.9 Å². The number of anilines is 1. The van der Waals surface area contributed by atoms with E-state index in [0.717, 1.165) is 43.9 Å². The molecule has 3 aromatic heterocycles. The molecule has 5 heterocycles. The number of nitrogens with one attached hydrogen (secondary N) is 1. The Labute approximate surface area is 198 Å². The summed E-state index contributed by atoms with van der Waals surface area (Å²) >= 11 is 0. The minimum atomic E-state index is -4.45. The van der Waals surface area contributed by atoms with Crippen molar-refractivity contribution >= 4 is 11.7 Å². The third-order valence-electron chi connectivity index (χ3n) is 6.56. The van der Waals surface area contributed by atoms with Gasteiger partial charge in [0.25, 0.3) is 5.91 Å². The number of pyridine rings is 2. The molecule has 11 heteroatoms. The van der Waals surface area contributed by atoms with E-state index in [0.29, 0.717) is 23.6 Å². The van der Waals surface area contributed by atoms with Gasteiger partial charge in [0.1, 0.15) is 11.5 Å². The number of piperidine rings is 2. The molecule has 2 bridgehead atoms. The largest absolute Gasteiger partial charge is 0.417 e. The Hall–Kier alpha value is -3.63. The number of hydrogen-bond donors (Lipinski definition) is 1. The normalized spacial score (nSPS) is 21.7. The van der Waals surface area contributed by atoms with Gasteiger partial charge in [0, 0.05) is 24.5 Å². The average molecular weight is 486 g/mol. The summed E-state index contributed by atoms with van der Waals surface area (Å²) in [6.07, 6.45) is 0.924. The summed E-state index contributed by atoms with van der Waals surface area (Å²) in [5.74, 6) is -0.0835. The van der Waals surface area contributed by atoms with Gasteiger partial charge >= 0.3 is 6.18 Å². The molecule has 2 aliphatic heterocycles. The molecule has 1 N–H and O–H groups in total. The molecule has 1 aliphatic carbocycles. The van der Waals surface area contributed by atoms with Gasteiger partial charge < -0.3 is 10.2 Å². The van der Waals surface area contributed by atoms with Crippen molar-refractivity contribution in [1.29, 1.82) is 0 Å². The topological polar surface area (TPSA) is 83.9 Å². The molecule has 0 radical (unpaired) electrons. The highest BCUT2D eigenvalue weighted by Crippen LogP contribution is 2.38. The molecule has 3 aliphatic rings. The maximum absolute atomic E-state index is 13.7. The van der Waals surface area contributed by atoms with Gasteiger partial charge in [-0.1, -0.05) is 0 Å². The molecular weight excluding hydrogens is 464 g/mol. The number of aryl methyl sites for hydroxylation is 1. The lowest BCUT2D eigenvalue weighted by atomic mass is 9.76. The third-order valence-corrected chi connectivity index (χ3v) is 6.56. The van der Waals surface area contributed by atoms with Crippen LogP contribution in [0.25, 0.3) is 11.5 Å². The van der Waals surface area contributed by atoms with E-state index in [4.69, 9.17) is 0 Å². The number of alkyl halides is 3. The fourth-order valence-electron chi connectivity index (χ4n) is 4.91. The van der Waals surface area contributed by atoms with Gasteiger partial charge in [0.05, 0.1) is 29.6 Å². The van der Waals surface area contributed by atoms with Crippen molar-refractivity contribution in [2.45, 2.75) is 44.4 Å². The van der Waals surface area contributed by atoms with Gasteiger partial charge in [-0.05, 0) is 56.4 Å². The van der Waals surface area contributed by atoms with Gasteiger partial charge in [0.2, 0.25) is 0 Å². The van der Waals surface area contributed by atoms with Gasteiger partial charge in [-0.2, -0.15) is 13.2 Å². The zero-order valence-corrected chi connectivity index (χ0v) is 18.8. The maximum atomic E-state index is 13.7. The van der Waals surface area contributed by atoms with Crippen LogP contribution >= 0.6 is 0 Å². The summed E-state index contributed by atoms with van der Waals surface area (Å²) in [5, 5.41) is 3.23. The number of fused-ring (bicyclic) bond motifs is 3. The van der Waals surface area contributed by atoms with Crippen LogP contribution in [-0.4, -0.2) is 49.4 Å². The van der Waals surface area contributed by atoms with Crippen LogP contribution in [0.15, 0.2) is 42.9 Å². The second kappa shape index (κ2) is 8.86. The predicted octanol–water partition coefficient (Wildman–Crippen LogP) is 4.51. The van der Waals surface area contributed by atoms with Crippen molar-refractivity contribution in [1.82, 2.24) is 24.8 Å². The first kappa shape index (κ1) is 23.1. The highest BCUT2D eigenvalue weighted by atomic mass is 19.4. The van der Waals surface area contributed by atoms with E-state index in [-0.39, 0.29) is 35.4 Å². The molecule has 3 atom stereocenters. The Bertz CT molecular complexity index is 1230. The van der Waals surface area contributed by atoms with Gasteiger partial charge in [-0.25, -0.2) is 24.3 Å². The summed E-state index contributed by atoms with van der Waals surface area (Å²) in [6, 6.07) is 5.39. The Morgan fingerprint density at radius 3 is 2.49 bits per heavy atom. The van der Waals surface area contributed by atoms with Crippen molar-refractivity contribution < 1.29 is 22.4 Å². The van der Waals surface area contributed by atoms with Crippen LogP contribution < -0.4 is 5.32 Å². The fourth-order valence-corrected chi connectivity index (χ4v) is 4.91. The summed E-state index contributed by atoms with van der Waals surface area (Å²) < 4.78 is 51.9. The van der Waals surface area contributed by atoms with Crippen molar-refractivity contribution in [2.24, 2.45) is 5.92 Å². The molecule has 35 heavy (non-hydrogen) atoms. The van der Waals surface area contributed by atoms with E-state index in [1.807, 2.05) is 0 Å². The first-order chi connectivity index (χ1) is 16.7. The zero-order valence-electron chi connectivity index (χ0n) is 18.8. The summed E-state index contributed by atoms with van der Waals surface area (Å²) in [6.45, 7) is 2.35. The minimum Gasteiger partial charge on any atom is -0.365 e. The standard InChI is InChI=1S/C24H22F4N6O/c1-13-2-5-17(21(32-13)22-30-10-16(25)11-31-22)23(35)34-12-14-3-6-19(34)18(8-14)33-20-7-4-15(9-29-20)24(26,27)28/h2,4-5,7,9-11,14,18-19H,3,6,8,12H2,1H3,(H,29,33). The summed E-state index contributed by atoms with van der Waals surface area (Å²) in [5.41, 5.74) is 0.455. The van der Waals surface area contributed by atoms with Crippen LogP contribution in [-0.2, 0) is 6.18 Å². The minimum absolute atomic E-state index is 0.153. The van der Waals surface area contributed by atoms with Crippen molar-refractivity contribution in [3.63, 3.8) is 0 Å². The smallest absolute Gasteiger partial charge is 0.365 e. The molecule has 3 unspecified atom stereocenters. The van der Waals surface area contributed by atoms with E-state index in [9.17, 15) is 22.4 Å². The molecule has 3 aromatic rings. The monoisotopic (exact) mass is 486 g/mol. The molecular formula is C24H22F4N6O. The van der Waals surface area contributed by atoms with E-state index in [1.165, 1.54) is 6.07 Å². The number of nitrogens with zero attached hydrogens (tertiary/aromatic N) is 5. The third kappa shape index (κ3) is 4.67. The average Bonchev–Trinajstić information content (AvgIpc) is 2.84. The summed E-state index contributed by atoms with van der Waals surface area (Å²) in [7, 11) is 0. The first-order valence-electron chi connectivity index (χ1n) is 11.3. The zero-order chi connectivity index (χ0) is 24.7. The molecule has 0 spiro atoms. The predicted molar refractivity (Wildman–Crippen MR) is 119 cm³/mol. The fraction of sp³-hybridized carbons (Fsp3) is 0.375. The number of halogens is 4. The second-order valence-electron chi connectivity index (χ2n) is 8.96. The van der Waals surface area contributed by atoms with E-state index >= 15 is 0 Å². The lowest BCUT2D eigenvalue weighted by Crippen LogP contribution is -2.59. The summed E-state index contributed by atoms with van der Waals surface area (Å²) in [4.78, 5) is 31.9. The molecule has 3 fully saturated rings. The van der Waals surface area contributed by atoms with E-state index in [1.54, 1.807) is 24.0 Å². The molecule has 7 nitrogen and oxygen atoms in total. The van der Waals surface area contributed by atoms with Crippen LogP contribution in [0.4, 0.5) is 23.4 Å². The first-order valence-corrected chi connectivity index (χ1v) is 11.3. The van der Waals surface area contributed by atoms with Gasteiger partial charge in [0.15, 0.2) is 11.6 Å².